The molecular formula is C14H14ClF3N2O2. The molecule has 4 nitrogen and oxygen atoms in total. The fourth-order valence-electron chi connectivity index (χ4n) is 1.68. The first-order valence-electron chi connectivity index (χ1n) is 6.05. The molecule has 0 atom stereocenters. The lowest BCUT2D eigenvalue weighted by molar-refractivity contribution is -0.140. The van der Waals surface area contributed by atoms with Crippen molar-refractivity contribution in [1.29, 1.82) is 0 Å². The first-order valence-corrected chi connectivity index (χ1v) is 6.43. The molecule has 0 aliphatic rings. The molecule has 0 aliphatic heterocycles. The molecule has 120 valence electrons. The van der Waals surface area contributed by atoms with Crippen LogP contribution in [0.1, 0.15) is 12.5 Å². The van der Waals surface area contributed by atoms with E-state index in [-0.39, 0.29) is 6.54 Å². The molecule has 0 aromatic heterocycles. The summed E-state index contributed by atoms with van der Waals surface area (Å²) in [5.74, 6) is -0.772. The number of nitrogens with zero attached hydrogens (tertiary/aromatic N) is 2. The molecule has 0 fully saturated rings. The summed E-state index contributed by atoms with van der Waals surface area (Å²) < 4.78 is 43.6. The molecule has 1 rings (SSSR count). The second-order valence-electron chi connectivity index (χ2n) is 4.26. The summed E-state index contributed by atoms with van der Waals surface area (Å²) in [5.41, 5.74) is -0.898. The fraction of sp³-hybridized carbons (Fsp3) is 0.286. The topological polar surface area (TPSA) is 41.9 Å². The van der Waals surface area contributed by atoms with Crippen molar-refractivity contribution in [2.45, 2.75) is 19.6 Å². The van der Waals surface area contributed by atoms with Gasteiger partial charge in [0, 0.05) is 11.7 Å². The first-order chi connectivity index (χ1) is 10.2. The Morgan fingerprint density at radius 1 is 1.36 bits per heavy atom. The highest BCUT2D eigenvalue weighted by molar-refractivity contribution is 6.31. The first kappa shape index (κ1) is 18.0. The Hall–Kier alpha value is -2.02. The van der Waals surface area contributed by atoms with E-state index in [9.17, 15) is 18.0 Å². The highest BCUT2D eigenvalue weighted by atomic mass is 35.5. The van der Waals surface area contributed by atoms with Crippen LogP contribution in [-0.2, 0) is 11.3 Å². The van der Waals surface area contributed by atoms with Crippen molar-refractivity contribution >= 4 is 24.2 Å². The molecule has 0 saturated heterocycles. The maximum atomic E-state index is 12.9. The van der Waals surface area contributed by atoms with Gasteiger partial charge in [0.25, 0.3) is 5.91 Å². The second kappa shape index (κ2) is 7.31. The number of alkyl halides is 3. The number of carbonyl (C=O) groups excluding carboxylic acids is 1. The number of carbonyl (C=O) groups is 1. The number of amides is 1. The van der Waals surface area contributed by atoms with Crippen molar-refractivity contribution in [3.05, 3.63) is 40.4 Å². The van der Waals surface area contributed by atoms with Gasteiger partial charge < -0.3 is 4.74 Å². The molecule has 1 aromatic rings. The quantitative estimate of drug-likeness (QED) is 0.468. The summed E-state index contributed by atoms with van der Waals surface area (Å²) in [6, 6.07) is 6.45. The van der Waals surface area contributed by atoms with E-state index in [4.69, 9.17) is 16.3 Å². The summed E-state index contributed by atoms with van der Waals surface area (Å²) in [4.78, 5) is 12.0. The van der Waals surface area contributed by atoms with E-state index in [1.165, 1.54) is 7.11 Å². The Kier molecular flexibility index (Phi) is 5.99. The largest absolute Gasteiger partial charge is 0.497 e. The maximum absolute atomic E-state index is 12.9. The minimum atomic E-state index is -4.87. The monoisotopic (exact) mass is 334 g/mol. The van der Waals surface area contributed by atoms with Crippen LogP contribution in [0.25, 0.3) is 0 Å². The summed E-state index contributed by atoms with van der Waals surface area (Å²) in [7, 11) is 1.49. The van der Waals surface area contributed by atoms with Gasteiger partial charge in [-0.3, -0.25) is 4.79 Å². The summed E-state index contributed by atoms with van der Waals surface area (Å²) in [6.45, 7) is 3.96. The summed E-state index contributed by atoms with van der Waals surface area (Å²) in [6.07, 6.45) is -4.87. The van der Waals surface area contributed by atoms with Gasteiger partial charge in [-0.15, -0.1) is 0 Å². The van der Waals surface area contributed by atoms with Crippen LogP contribution in [0, 0.1) is 0 Å². The minimum Gasteiger partial charge on any atom is -0.497 e. The van der Waals surface area contributed by atoms with Gasteiger partial charge in [-0.25, -0.2) is 5.01 Å². The van der Waals surface area contributed by atoms with Crippen LogP contribution < -0.4 is 4.74 Å². The third-order valence-corrected chi connectivity index (χ3v) is 2.93. The van der Waals surface area contributed by atoms with Gasteiger partial charge in [0.15, 0.2) is 0 Å². The van der Waals surface area contributed by atoms with E-state index in [2.05, 4.69) is 11.8 Å². The molecule has 0 saturated carbocycles. The third-order valence-electron chi connectivity index (χ3n) is 2.74. The van der Waals surface area contributed by atoms with Gasteiger partial charge in [0.2, 0.25) is 0 Å². The third kappa shape index (κ3) is 4.49. The number of methoxy groups -OCH3 is 1. The lowest BCUT2D eigenvalue weighted by atomic mass is 10.2. The second-order valence-corrected chi connectivity index (χ2v) is 4.83. The average molecular weight is 335 g/mol. The predicted molar refractivity (Wildman–Crippen MR) is 77.7 cm³/mol. The van der Waals surface area contributed by atoms with Crippen molar-refractivity contribution in [3.63, 3.8) is 0 Å². The van der Waals surface area contributed by atoms with E-state index in [0.29, 0.717) is 16.3 Å². The van der Waals surface area contributed by atoms with Gasteiger partial charge in [-0.05, 0) is 24.6 Å². The van der Waals surface area contributed by atoms with Gasteiger partial charge in [0.05, 0.1) is 13.7 Å². The molecule has 1 amide bonds. The smallest absolute Gasteiger partial charge is 0.422 e. The predicted octanol–water partition coefficient (Wildman–Crippen LogP) is 3.71. The van der Waals surface area contributed by atoms with Crippen molar-refractivity contribution in [1.82, 2.24) is 5.01 Å². The molecule has 0 unspecified atom stereocenters. The molecule has 0 N–H and O–H groups in total. The number of rotatable bonds is 5. The summed E-state index contributed by atoms with van der Waals surface area (Å²) >= 11 is 5.40. The molecular weight excluding hydrogens is 321 g/mol. The zero-order valence-corrected chi connectivity index (χ0v) is 12.7. The molecule has 0 heterocycles. The molecule has 0 spiro atoms. The summed E-state index contributed by atoms with van der Waals surface area (Å²) in [5, 5.41) is 3.31. The standard InChI is InChI=1S/C14H14ClF3N2O2/c1-9(15)12(14(16,17)18)13(21)20(19-2)8-10-4-6-11(22-3)7-5-10/h4-7H,2,8H2,1,3H3/b12-9-. The van der Waals surface area contributed by atoms with Gasteiger partial charge >= 0.3 is 6.18 Å². The fourth-order valence-corrected chi connectivity index (χ4v) is 1.87. The number of allylic oxidation sites excluding steroid dienone is 1. The Morgan fingerprint density at radius 2 is 1.91 bits per heavy atom. The normalized spacial score (nSPS) is 12.5. The number of hydrogen-bond donors (Lipinski definition) is 0. The number of ether oxygens (including phenoxy) is 1. The van der Waals surface area contributed by atoms with Crippen LogP contribution in [0.3, 0.4) is 0 Å². The van der Waals surface area contributed by atoms with Crippen LogP contribution in [0.15, 0.2) is 40.0 Å². The SMILES string of the molecule is C=NN(Cc1ccc(OC)cc1)C(=O)/C(=C(\C)Cl)C(F)(F)F. The molecule has 0 bridgehead atoms. The Labute approximate surface area is 130 Å². The van der Waals surface area contributed by atoms with Crippen LogP contribution in [-0.4, -0.2) is 30.9 Å². The lowest BCUT2D eigenvalue weighted by Gasteiger charge is -2.20. The van der Waals surface area contributed by atoms with Gasteiger partial charge in [-0.1, -0.05) is 23.7 Å². The van der Waals surface area contributed by atoms with E-state index in [1.54, 1.807) is 24.3 Å². The lowest BCUT2D eigenvalue weighted by Crippen LogP contribution is -2.33. The Balaban J connectivity index is 3.02. The molecule has 1 aromatic carbocycles. The maximum Gasteiger partial charge on any atom is 0.422 e. The Bertz CT molecular complexity index is 579. The average Bonchev–Trinajstić information content (AvgIpc) is 2.43. The van der Waals surface area contributed by atoms with Crippen molar-refractivity contribution < 1.29 is 22.7 Å². The number of benzene rings is 1. The zero-order chi connectivity index (χ0) is 16.9. The highest BCUT2D eigenvalue weighted by Gasteiger charge is 2.42. The van der Waals surface area contributed by atoms with Gasteiger partial charge in [0.1, 0.15) is 11.3 Å². The van der Waals surface area contributed by atoms with Crippen LogP contribution in [0.2, 0.25) is 0 Å². The molecule has 22 heavy (non-hydrogen) atoms. The molecule has 0 radical (unpaired) electrons. The van der Waals surface area contributed by atoms with E-state index in [1.807, 2.05) is 0 Å². The molecule has 8 heteroatoms. The van der Waals surface area contributed by atoms with E-state index in [0.717, 1.165) is 6.92 Å². The zero-order valence-electron chi connectivity index (χ0n) is 11.9. The van der Waals surface area contributed by atoms with Crippen molar-refractivity contribution in [2.75, 3.05) is 7.11 Å². The minimum absolute atomic E-state index is 0.171. The van der Waals surface area contributed by atoms with Crippen LogP contribution in [0.5, 0.6) is 5.75 Å². The van der Waals surface area contributed by atoms with Crippen molar-refractivity contribution in [3.8, 4) is 5.75 Å². The number of halogens is 4. The highest BCUT2D eigenvalue weighted by Crippen LogP contribution is 2.31. The van der Waals surface area contributed by atoms with Crippen molar-refractivity contribution in [2.24, 2.45) is 5.10 Å². The van der Waals surface area contributed by atoms with Crippen LogP contribution >= 0.6 is 11.6 Å². The Morgan fingerprint density at radius 3 is 2.27 bits per heavy atom. The number of hydrazone groups is 1. The van der Waals surface area contributed by atoms with Gasteiger partial charge in [-0.2, -0.15) is 18.3 Å². The van der Waals surface area contributed by atoms with Crippen LogP contribution in [0.4, 0.5) is 13.2 Å². The van der Waals surface area contributed by atoms with E-state index < -0.39 is 22.7 Å². The molecule has 0 aliphatic carbocycles. The number of hydrogen-bond acceptors (Lipinski definition) is 3. The van der Waals surface area contributed by atoms with E-state index >= 15 is 0 Å².